The first kappa shape index (κ1) is 23.1. The lowest BCUT2D eigenvalue weighted by Crippen LogP contribution is -2.39. The van der Waals surface area contributed by atoms with Crippen LogP contribution in [0.5, 0.6) is 0 Å². The summed E-state index contributed by atoms with van der Waals surface area (Å²) in [6, 6.07) is 11.3. The quantitative estimate of drug-likeness (QED) is 0.257. The van der Waals surface area contributed by atoms with Crippen LogP contribution in [0.3, 0.4) is 0 Å². The molecule has 1 unspecified atom stereocenters. The highest BCUT2D eigenvalue weighted by atomic mass is 28.4. The Balaban J connectivity index is 1.77. The van der Waals surface area contributed by atoms with E-state index in [-0.39, 0.29) is 11.5 Å². The maximum atomic E-state index is 6.67. The Morgan fingerprint density at radius 2 is 1.94 bits per heavy atom. The zero-order valence-electron chi connectivity index (χ0n) is 20.1. The van der Waals surface area contributed by atoms with Gasteiger partial charge < -0.3 is 15.1 Å². The number of H-pyrrole nitrogens is 1. The normalized spacial score (nSPS) is 13.5. The molecule has 3 aromatic heterocycles. The van der Waals surface area contributed by atoms with Crippen molar-refractivity contribution >= 4 is 36.1 Å². The average Bonchev–Trinajstić information content (AvgIpc) is 3.10. The van der Waals surface area contributed by atoms with Gasteiger partial charge in [-0.05, 0) is 36.7 Å². The summed E-state index contributed by atoms with van der Waals surface area (Å²) < 4.78 is 6.67. The van der Waals surface area contributed by atoms with E-state index in [1.54, 1.807) is 0 Å². The third kappa shape index (κ3) is 5.15. The van der Waals surface area contributed by atoms with Gasteiger partial charge in [-0.15, -0.1) is 6.58 Å². The van der Waals surface area contributed by atoms with Crippen molar-refractivity contribution < 1.29 is 4.43 Å². The molecule has 172 valence electrons. The first-order chi connectivity index (χ1) is 15.6. The second-order valence-corrected chi connectivity index (χ2v) is 14.6. The minimum absolute atomic E-state index is 0.122. The summed E-state index contributed by atoms with van der Waals surface area (Å²) in [5, 5.41) is 1.89. The molecule has 7 heteroatoms. The van der Waals surface area contributed by atoms with Gasteiger partial charge in [-0.1, -0.05) is 45.0 Å². The number of pyridine rings is 1. The number of nitrogens with one attached hydrogen (secondary N) is 1. The summed E-state index contributed by atoms with van der Waals surface area (Å²) in [6.07, 6.45) is 5.80. The van der Waals surface area contributed by atoms with Gasteiger partial charge in [0.1, 0.15) is 17.8 Å². The van der Waals surface area contributed by atoms with Crippen molar-refractivity contribution in [2.75, 3.05) is 5.73 Å². The second-order valence-electron chi connectivity index (χ2n) is 10.5. The Labute approximate surface area is 196 Å². The SMILES string of the molecule is C=CC(Cc1[nH]c2ncnc(N)c2c1-c1cnc2ccccc2c1)O[Si](C)(C)CC(C)(C)C. The van der Waals surface area contributed by atoms with E-state index in [1.165, 1.54) is 6.33 Å². The molecule has 0 saturated heterocycles. The molecule has 1 atom stereocenters. The highest BCUT2D eigenvalue weighted by Crippen LogP contribution is 2.37. The van der Waals surface area contributed by atoms with Crippen molar-refractivity contribution in [1.29, 1.82) is 0 Å². The molecule has 0 amide bonds. The zero-order valence-corrected chi connectivity index (χ0v) is 21.1. The van der Waals surface area contributed by atoms with E-state index in [0.717, 1.165) is 44.8 Å². The van der Waals surface area contributed by atoms with E-state index in [4.69, 9.17) is 10.2 Å². The zero-order chi connectivity index (χ0) is 23.8. The summed E-state index contributed by atoms with van der Waals surface area (Å²) in [4.78, 5) is 16.8. The molecule has 0 aliphatic heterocycles. The highest BCUT2D eigenvalue weighted by molar-refractivity contribution is 6.71. The van der Waals surface area contributed by atoms with Gasteiger partial charge in [0.15, 0.2) is 8.32 Å². The summed E-state index contributed by atoms with van der Waals surface area (Å²) in [5.74, 6) is 0.448. The third-order valence-electron chi connectivity index (χ3n) is 5.67. The number of nitrogens with two attached hydrogens (primary N) is 1. The molecule has 4 aromatic rings. The van der Waals surface area contributed by atoms with Crippen molar-refractivity contribution in [2.24, 2.45) is 5.41 Å². The maximum absolute atomic E-state index is 6.67. The lowest BCUT2D eigenvalue weighted by molar-refractivity contribution is 0.230. The molecular formula is C26H33N5OSi. The lowest BCUT2D eigenvalue weighted by atomic mass is 10.00. The van der Waals surface area contributed by atoms with Crippen molar-refractivity contribution in [3.05, 3.63) is 61.2 Å². The molecule has 0 aliphatic carbocycles. The van der Waals surface area contributed by atoms with Crippen LogP contribution >= 0.6 is 0 Å². The predicted octanol–water partition coefficient (Wildman–Crippen LogP) is 6.12. The van der Waals surface area contributed by atoms with Crippen molar-refractivity contribution in [2.45, 2.75) is 52.4 Å². The number of fused-ring (bicyclic) bond motifs is 2. The molecule has 33 heavy (non-hydrogen) atoms. The topological polar surface area (TPSA) is 89.7 Å². The number of aromatic amines is 1. The fourth-order valence-corrected chi connectivity index (χ4v) is 8.52. The van der Waals surface area contributed by atoms with Gasteiger partial charge >= 0.3 is 0 Å². The number of aromatic nitrogens is 4. The van der Waals surface area contributed by atoms with Crippen LogP contribution in [0.1, 0.15) is 26.5 Å². The number of hydrogen-bond donors (Lipinski definition) is 2. The lowest BCUT2D eigenvalue weighted by Gasteiger charge is -2.33. The van der Waals surface area contributed by atoms with E-state index >= 15 is 0 Å². The van der Waals surface area contributed by atoms with E-state index < -0.39 is 8.32 Å². The van der Waals surface area contributed by atoms with Crippen LogP contribution in [-0.2, 0) is 10.8 Å². The van der Waals surface area contributed by atoms with Crippen LogP contribution < -0.4 is 5.73 Å². The number of rotatable bonds is 7. The monoisotopic (exact) mass is 459 g/mol. The van der Waals surface area contributed by atoms with Crippen molar-refractivity contribution in [3.8, 4) is 11.1 Å². The molecule has 0 radical (unpaired) electrons. The molecule has 0 saturated carbocycles. The summed E-state index contributed by atoms with van der Waals surface area (Å²) >= 11 is 0. The number of nitrogens with zero attached hydrogens (tertiary/aromatic N) is 3. The average molecular weight is 460 g/mol. The molecule has 4 rings (SSSR count). The third-order valence-corrected chi connectivity index (χ3v) is 8.52. The standard InChI is InChI=1S/C26H33N5OSi/c1-7-19(32-33(5,6)15-26(2,3)4)13-21-22(23-24(27)29-16-30-25(23)31-21)18-12-17-10-8-9-11-20(17)28-14-18/h7-12,14,16,19H,1,13,15H2,2-6H3,(H3,27,29,30,31). The van der Waals surface area contributed by atoms with Crippen LogP contribution in [0.2, 0.25) is 19.1 Å². The Kier molecular flexibility index (Phi) is 6.11. The van der Waals surface area contributed by atoms with Crippen LogP contribution in [0, 0.1) is 5.41 Å². The molecule has 0 fully saturated rings. The second kappa shape index (κ2) is 8.72. The van der Waals surface area contributed by atoms with E-state index in [0.29, 0.717) is 12.2 Å². The fourth-order valence-electron chi connectivity index (χ4n) is 4.88. The van der Waals surface area contributed by atoms with E-state index in [9.17, 15) is 0 Å². The summed E-state index contributed by atoms with van der Waals surface area (Å²) in [7, 11) is -1.91. The van der Waals surface area contributed by atoms with Gasteiger partial charge in [-0.2, -0.15) is 0 Å². The molecule has 1 aromatic carbocycles. The molecule has 3 heterocycles. The van der Waals surface area contributed by atoms with Crippen LogP contribution in [-0.4, -0.2) is 34.4 Å². The Bertz CT molecular complexity index is 1310. The predicted molar refractivity (Wildman–Crippen MR) is 140 cm³/mol. The maximum Gasteiger partial charge on any atom is 0.188 e. The largest absolute Gasteiger partial charge is 0.411 e. The fraction of sp³-hybridized carbons (Fsp3) is 0.346. The summed E-state index contributed by atoms with van der Waals surface area (Å²) in [6.45, 7) is 15.4. The number of anilines is 1. The highest BCUT2D eigenvalue weighted by Gasteiger charge is 2.32. The van der Waals surface area contributed by atoms with E-state index in [2.05, 4.69) is 72.5 Å². The Morgan fingerprint density at radius 3 is 2.67 bits per heavy atom. The minimum atomic E-state index is -1.91. The molecule has 6 nitrogen and oxygen atoms in total. The smallest absolute Gasteiger partial charge is 0.188 e. The molecule has 0 bridgehead atoms. The number of nitrogen functional groups attached to an aromatic ring is 1. The van der Waals surface area contributed by atoms with Gasteiger partial charge in [-0.3, -0.25) is 4.98 Å². The Hall–Kier alpha value is -3.03. The van der Waals surface area contributed by atoms with Crippen LogP contribution in [0.4, 0.5) is 5.82 Å². The minimum Gasteiger partial charge on any atom is -0.411 e. The van der Waals surface area contributed by atoms with Gasteiger partial charge in [0.2, 0.25) is 0 Å². The number of benzene rings is 1. The summed E-state index contributed by atoms with van der Waals surface area (Å²) in [5.41, 5.74) is 11.2. The van der Waals surface area contributed by atoms with Gasteiger partial charge in [-0.25, -0.2) is 9.97 Å². The molecule has 0 aliphatic rings. The first-order valence-electron chi connectivity index (χ1n) is 11.3. The Morgan fingerprint density at radius 1 is 1.18 bits per heavy atom. The first-order valence-corrected chi connectivity index (χ1v) is 14.4. The number of hydrogen-bond acceptors (Lipinski definition) is 5. The van der Waals surface area contributed by atoms with Crippen LogP contribution in [0.25, 0.3) is 33.1 Å². The van der Waals surface area contributed by atoms with Gasteiger partial charge in [0.25, 0.3) is 0 Å². The molecule has 0 spiro atoms. The number of para-hydroxylation sites is 1. The van der Waals surface area contributed by atoms with Crippen LogP contribution in [0.15, 0.2) is 55.5 Å². The van der Waals surface area contributed by atoms with Gasteiger partial charge in [0.05, 0.1) is 17.0 Å². The van der Waals surface area contributed by atoms with Crippen molar-refractivity contribution in [3.63, 3.8) is 0 Å². The van der Waals surface area contributed by atoms with Crippen molar-refractivity contribution in [1.82, 2.24) is 19.9 Å². The van der Waals surface area contributed by atoms with Gasteiger partial charge in [0, 0.05) is 34.8 Å². The molecule has 3 N–H and O–H groups in total. The molecular weight excluding hydrogens is 426 g/mol. The van der Waals surface area contributed by atoms with E-state index in [1.807, 2.05) is 30.5 Å².